The molecule has 0 aliphatic rings. The van der Waals surface area contributed by atoms with Crippen molar-refractivity contribution in [3.63, 3.8) is 0 Å². The molecule has 2 aromatic carbocycles. The molecule has 0 saturated carbocycles. The molecule has 5 heteroatoms. The van der Waals surface area contributed by atoms with Gasteiger partial charge in [0.25, 0.3) is 0 Å². The molecule has 0 amide bonds. The van der Waals surface area contributed by atoms with Crippen molar-refractivity contribution in [1.29, 1.82) is 0 Å². The molecule has 0 N–H and O–H groups in total. The van der Waals surface area contributed by atoms with Gasteiger partial charge in [0.05, 0.1) is 0 Å². The van der Waals surface area contributed by atoms with E-state index in [9.17, 15) is 17.6 Å². The van der Waals surface area contributed by atoms with Gasteiger partial charge in [0.15, 0.2) is 23.3 Å². The van der Waals surface area contributed by atoms with Crippen LogP contribution in [0, 0.1) is 23.3 Å². The van der Waals surface area contributed by atoms with Gasteiger partial charge in [0.2, 0.25) is 0 Å². The van der Waals surface area contributed by atoms with Crippen molar-refractivity contribution < 1.29 is 17.6 Å². The Balaban J connectivity index is 2.42. The van der Waals surface area contributed by atoms with Gasteiger partial charge >= 0.3 is 0 Å². The van der Waals surface area contributed by atoms with Gasteiger partial charge in [-0.3, -0.25) is 0 Å². The third kappa shape index (κ3) is 2.87. The fourth-order valence-electron chi connectivity index (χ4n) is 1.50. The van der Waals surface area contributed by atoms with E-state index in [4.69, 9.17) is 0 Å². The molecule has 98 valence electrons. The Morgan fingerprint density at radius 2 is 1.42 bits per heavy atom. The Bertz CT molecular complexity index is 650. The van der Waals surface area contributed by atoms with E-state index in [2.05, 4.69) is 15.9 Å². The first-order chi connectivity index (χ1) is 9.00. The van der Waals surface area contributed by atoms with Gasteiger partial charge in [-0.1, -0.05) is 46.3 Å². The van der Waals surface area contributed by atoms with Crippen LogP contribution in [-0.2, 0) is 0 Å². The summed E-state index contributed by atoms with van der Waals surface area (Å²) in [6.45, 7) is 0. The first-order valence-electron chi connectivity index (χ1n) is 5.26. The van der Waals surface area contributed by atoms with Crippen molar-refractivity contribution in [3.8, 4) is 0 Å². The summed E-state index contributed by atoms with van der Waals surface area (Å²) in [5.41, 5.74) is 0.346. The first kappa shape index (κ1) is 13.8. The zero-order valence-corrected chi connectivity index (χ0v) is 11.0. The summed E-state index contributed by atoms with van der Waals surface area (Å²) >= 11 is 3.28. The van der Waals surface area contributed by atoms with Gasteiger partial charge in [0.1, 0.15) is 0 Å². The van der Waals surface area contributed by atoms with E-state index < -0.39 is 23.3 Å². The topological polar surface area (TPSA) is 0 Å². The van der Waals surface area contributed by atoms with Crippen molar-refractivity contribution in [2.75, 3.05) is 0 Å². The van der Waals surface area contributed by atoms with E-state index in [1.165, 1.54) is 12.2 Å². The Kier molecular flexibility index (Phi) is 4.04. The Hall–Kier alpha value is -1.62. The largest absolute Gasteiger partial charge is 0.204 e. The second-order valence-corrected chi connectivity index (χ2v) is 4.60. The summed E-state index contributed by atoms with van der Waals surface area (Å²) in [4.78, 5) is 0. The van der Waals surface area contributed by atoms with Gasteiger partial charge < -0.3 is 0 Å². The van der Waals surface area contributed by atoms with E-state index >= 15 is 0 Å². The molecule has 0 atom stereocenters. The quantitative estimate of drug-likeness (QED) is 0.308. The maximum absolute atomic E-state index is 13.4. The number of benzene rings is 2. The lowest BCUT2D eigenvalue weighted by Gasteiger charge is -2.02. The molecule has 19 heavy (non-hydrogen) atoms. The van der Waals surface area contributed by atoms with E-state index in [1.807, 2.05) is 0 Å². The highest BCUT2D eigenvalue weighted by molar-refractivity contribution is 9.10. The zero-order chi connectivity index (χ0) is 14.0. The lowest BCUT2D eigenvalue weighted by molar-refractivity contribution is 0.408. The monoisotopic (exact) mass is 330 g/mol. The minimum Gasteiger partial charge on any atom is -0.204 e. The fraction of sp³-hybridized carbons (Fsp3) is 0. The molecule has 0 bridgehead atoms. The lowest BCUT2D eigenvalue weighted by Crippen LogP contribution is -1.98. The molecule has 0 nitrogen and oxygen atoms in total. The Morgan fingerprint density at radius 3 is 2.11 bits per heavy atom. The highest BCUT2D eigenvalue weighted by atomic mass is 79.9. The van der Waals surface area contributed by atoms with Crippen molar-refractivity contribution >= 4 is 28.1 Å². The minimum absolute atomic E-state index is 0.354. The lowest BCUT2D eigenvalue weighted by atomic mass is 10.1. The minimum atomic E-state index is -1.81. The molecule has 0 heterocycles. The Labute approximate surface area is 115 Å². The molecule has 0 saturated heterocycles. The fourth-order valence-corrected chi connectivity index (χ4v) is 1.92. The van der Waals surface area contributed by atoms with Crippen LogP contribution < -0.4 is 0 Å². The van der Waals surface area contributed by atoms with Crippen LogP contribution in [0.5, 0.6) is 0 Å². The van der Waals surface area contributed by atoms with E-state index in [1.54, 1.807) is 24.3 Å². The molecule has 0 aliphatic heterocycles. The number of halogens is 5. The SMILES string of the molecule is Fc1cc(C=Cc2ccccc2Br)c(F)c(F)c1F. The molecule has 0 radical (unpaired) electrons. The van der Waals surface area contributed by atoms with Crippen molar-refractivity contribution in [1.82, 2.24) is 0 Å². The second-order valence-electron chi connectivity index (χ2n) is 3.74. The summed E-state index contributed by atoms with van der Waals surface area (Å²) in [6.07, 6.45) is 2.65. The standard InChI is InChI=1S/C14H7BrF4/c15-10-4-2-1-3-8(10)5-6-9-7-11(16)13(18)14(19)12(9)17/h1-7H. The average Bonchev–Trinajstić information content (AvgIpc) is 2.40. The van der Waals surface area contributed by atoms with Crippen molar-refractivity contribution in [3.05, 3.63) is 69.2 Å². The summed E-state index contributed by atoms with van der Waals surface area (Å²) in [7, 11) is 0. The molecule has 0 spiro atoms. The highest BCUT2D eigenvalue weighted by Crippen LogP contribution is 2.22. The van der Waals surface area contributed by atoms with Crippen LogP contribution in [0.2, 0.25) is 0 Å². The number of hydrogen-bond acceptors (Lipinski definition) is 0. The molecular formula is C14H7BrF4. The van der Waals surface area contributed by atoms with Crippen LogP contribution in [0.3, 0.4) is 0 Å². The Morgan fingerprint density at radius 1 is 0.789 bits per heavy atom. The van der Waals surface area contributed by atoms with E-state index in [0.29, 0.717) is 11.6 Å². The van der Waals surface area contributed by atoms with Crippen LogP contribution in [0.1, 0.15) is 11.1 Å². The van der Waals surface area contributed by atoms with Crippen LogP contribution in [-0.4, -0.2) is 0 Å². The third-order valence-corrected chi connectivity index (χ3v) is 3.20. The van der Waals surface area contributed by atoms with Crippen LogP contribution in [0.4, 0.5) is 17.6 Å². The molecule has 2 aromatic rings. The predicted molar refractivity (Wildman–Crippen MR) is 69.3 cm³/mol. The van der Waals surface area contributed by atoms with Gasteiger partial charge in [-0.2, -0.15) is 0 Å². The van der Waals surface area contributed by atoms with E-state index in [0.717, 1.165) is 4.47 Å². The first-order valence-corrected chi connectivity index (χ1v) is 6.05. The van der Waals surface area contributed by atoms with Gasteiger partial charge in [-0.15, -0.1) is 0 Å². The van der Waals surface area contributed by atoms with Crippen molar-refractivity contribution in [2.45, 2.75) is 0 Å². The average molecular weight is 331 g/mol. The smallest absolute Gasteiger partial charge is 0.198 e. The van der Waals surface area contributed by atoms with Crippen LogP contribution in [0.15, 0.2) is 34.8 Å². The van der Waals surface area contributed by atoms with Gasteiger partial charge in [-0.05, 0) is 17.7 Å². The summed E-state index contributed by atoms with van der Waals surface area (Å²) < 4.78 is 52.9. The molecule has 0 aliphatic carbocycles. The second kappa shape index (κ2) is 5.57. The highest BCUT2D eigenvalue weighted by Gasteiger charge is 2.17. The van der Waals surface area contributed by atoms with Crippen molar-refractivity contribution in [2.24, 2.45) is 0 Å². The summed E-state index contributed by atoms with van der Waals surface area (Å²) in [5.74, 6) is -6.46. The van der Waals surface area contributed by atoms with E-state index in [-0.39, 0.29) is 5.56 Å². The molecular weight excluding hydrogens is 324 g/mol. The van der Waals surface area contributed by atoms with Crippen LogP contribution >= 0.6 is 15.9 Å². The number of rotatable bonds is 2. The molecule has 0 unspecified atom stereocenters. The van der Waals surface area contributed by atoms with Gasteiger partial charge in [0, 0.05) is 10.0 Å². The van der Waals surface area contributed by atoms with Gasteiger partial charge in [-0.25, -0.2) is 17.6 Å². The summed E-state index contributed by atoms with van der Waals surface area (Å²) in [5, 5.41) is 0. The number of hydrogen-bond donors (Lipinski definition) is 0. The zero-order valence-electron chi connectivity index (χ0n) is 9.43. The molecule has 0 fully saturated rings. The summed E-state index contributed by atoms with van der Waals surface area (Å²) in [6, 6.07) is 7.66. The maximum Gasteiger partial charge on any atom is 0.198 e. The third-order valence-electron chi connectivity index (χ3n) is 2.48. The maximum atomic E-state index is 13.4. The van der Waals surface area contributed by atoms with Crippen LogP contribution in [0.25, 0.3) is 12.2 Å². The molecule has 0 aromatic heterocycles. The molecule has 2 rings (SSSR count). The normalized spacial score (nSPS) is 11.2. The predicted octanol–water partition coefficient (Wildman–Crippen LogP) is 5.18.